The van der Waals surface area contributed by atoms with E-state index in [9.17, 15) is 14.7 Å². The molecule has 1 aliphatic rings. The van der Waals surface area contributed by atoms with Gasteiger partial charge < -0.3 is 15.7 Å². The van der Waals surface area contributed by atoms with Crippen molar-refractivity contribution in [2.45, 2.75) is 44.7 Å². The number of nitrogens with zero attached hydrogens (tertiary/aromatic N) is 1. The SMILES string of the molecule is O=C(NCc1cncs1)NC(C(=O)O)C1CCCCC1. The van der Waals surface area contributed by atoms with Crippen molar-refractivity contribution in [3.8, 4) is 0 Å². The predicted octanol–water partition coefficient (Wildman–Crippen LogP) is 1.98. The third-order valence-corrected chi connectivity index (χ3v) is 4.36. The Morgan fingerprint density at radius 2 is 2.15 bits per heavy atom. The van der Waals surface area contributed by atoms with Gasteiger partial charge in [0.2, 0.25) is 0 Å². The van der Waals surface area contributed by atoms with E-state index in [1.807, 2.05) is 0 Å². The van der Waals surface area contributed by atoms with Crippen LogP contribution in [0.4, 0.5) is 4.79 Å². The number of rotatable bonds is 5. The van der Waals surface area contributed by atoms with Crippen molar-refractivity contribution in [1.82, 2.24) is 15.6 Å². The zero-order valence-electron chi connectivity index (χ0n) is 11.2. The van der Waals surface area contributed by atoms with Crippen molar-refractivity contribution < 1.29 is 14.7 Å². The van der Waals surface area contributed by atoms with Crippen molar-refractivity contribution in [3.63, 3.8) is 0 Å². The summed E-state index contributed by atoms with van der Waals surface area (Å²) in [7, 11) is 0. The Bertz CT molecular complexity index is 444. The molecule has 0 bridgehead atoms. The molecule has 3 N–H and O–H groups in total. The molecule has 7 heteroatoms. The monoisotopic (exact) mass is 297 g/mol. The van der Waals surface area contributed by atoms with E-state index in [1.54, 1.807) is 11.7 Å². The van der Waals surface area contributed by atoms with Crippen LogP contribution in [0.25, 0.3) is 0 Å². The summed E-state index contributed by atoms with van der Waals surface area (Å²) in [5, 5.41) is 14.5. The minimum Gasteiger partial charge on any atom is -0.480 e. The molecule has 0 spiro atoms. The third-order valence-electron chi connectivity index (χ3n) is 3.58. The van der Waals surface area contributed by atoms with E-state index in [1.165, 1.54) is 11.3 Å². The number of urea groups is 1. The van der Waals surface area contributed by atoms with Crippen LogP contribution in [0.5, 0.6) is 0 Å². The van der Waals surface area contributed by atoms with Gasteiger partial charge in [0.1, 0.15) is 6.04 Å². The lowest BCUT2D eigenvalue weighted by atomic mass is 9.84. The molecule has 1 aliphatic carbocycles. The van der Waals surface area contributed by atoms with Gasteiger partial charge in [0, 0.05) is 11.1 Å². The summed E-state index contributed by atoms with van der Waals surface area (Å²) < 4.78 is 0. The number of hydrogen-bond acceptors (Lipinski definition) is 4. The Labute approximate surface area is 121 Å². The number of aromatic nitrogens is 1. The highest BCUT2D eigenvalue weighted by atomic mass is 32.1. The molecule has 110 valence electrons. The summed E-state index contributed by atoms with van der Waals surface area (Å²) in [4.78, 5) is 28.0. The third kappa shape index (κ3) is 4.19. The summed E-state index contributed by atoms with van der Waals surface area (Å²) in [5.74, 6) is -0.916. The van der Waals surface area contributed by atoms with Crippen molar-refractivity contribution in [2.75, 3.05) is 0 Å². The minimum atomic E-state index is -0.954. The molecule has 1 heterocycles. The van der Waals surface area contributed by atoms with Crippen LogP contribution in [0.1, 0.15) is 37.0 Å². The van der Waals surface area contributed by atoms with E-state index in [-0.39, 0.29) is 5.92 Å². The fourth-order valence-electron chi connectivity index (χ4n) is 2.54. The predicted molar refractivity (Wildman–Crippen MR) is 75.5 cm³/mol. The van der Waals surface area contributed by atoms with Gasteiger partial charge in [-0.25, -0.2) is 9.59 Å². The molecule has 0 radical (unpaired) electrons. The second kappa shape index (κ2) is 7.23. The van der Waals surface area contributed by atoms with E-state index in [4.69, 9.17) is 0 Å². The van der Waals surface area contributed by atoms with Gasteiger partial charge in [0.15, 0.2) is 0 Å². The minimum absolute atomic E-state index is 0.0374. The lowest BCUT2D eigenvalue weighted by molar-refractivity contribution is -0.141. The van der Waals surface area contributed by atoms with Crippen molar-refractivity contribution in [3.05, 3.63) is 16.6 Å². The number of thiazole rings is 1. The fourth-order valence-corrected chi connectivity index (χ4v) is 3.07. The first kappa shape index (κ1) is 14.8. The van der Waals surface area contributed by atoms with Gasteiger partial charge in [-0.2, -0.15) is 0 Å². The fraction of sp³-hybridized carbons (Fsp3) is 0.615. The Morgan fingerprint density at radius 1 is 1.40 bits per heavy atom. The number of amides is 2. The zero-order chi connectivity index (χ0) is 14.4. The van der Waals surface area contributed by atoms with Gasteiger partial charge in [0.05, 0.1) is 12.1 Å². The molecule has 2 rings (SSSR count). The van der Waals surface area contributed by atoms with Crippen LogP contribution < -0.4 is 10.6 Å². The van der Waals surface area contributed by atoms with Crippen molar-refractivity contribution >= 4 is 23.3 Å². The number of hydrogen-bond donors (Lipinski definition) is 3. The van der Waals surface area contributed by atoms with E-state index in [0.717, 1.165) is 37.0 Å². The van der Waals surface area contributed by atoms with Crippen LogP contribution in [0.3, 0.4) is 0 Å². The zero-order valence-corrected chi connectivity index (χ0v) is 12.0. The number of carbonyl (C=O) groups excluding carboxylic acids is 1. The summed E-state index contributed by atoms with van der Waals surface area (Å²) >= 11 is 1.45. The van der Waals surface area contributed by atoms with Crippen LogP contribution in [-0.2, 0) is 11.3 Å². The lowest BCUT2D eigenvalue weighted by Gasteiger charge is -2.28. The van der Waals surface area contributed by atoms with Gasteiger partial charge in [-0.3, -0.25) is 4.98 Å². The number of aliphatic carboxylic acids is 1. The smallest absolute Gasteiger partial charge is 0.326 e. The molecule has 1 aromatic rings. The maximum Gasteiger partial charge on any atom is 0.326 e. The number of nitrogens with one attached hydrogen (secondary N) is 2. The Hall–Kier alpha value is -1.63. The maximum atomic E-state index is 11.8. The van der Waals surface area contributed by atoms with Gasteiger partial charge >= 0.3 is 12.0 Å². The van der Waals surface area contributed by atoms with E-state index < -0.39 is 18.0 Å². The molecule has 20 heavy (non-hydrogen) atoms. The average Bonchev–Trinajstić information content (AvgIpc) is 2.96. The number of carboxylic acids is 1. The topological polar surface area (TPSA) is 91.3 Å². The Kier molecular flexibility index (Phi) is 5.34. The Morgan fingerprint density at radius 3 is 2.75 bits per heavy atom. The molecule has 1 aromatic heterocycles. The van der Waals surface area contributed by atoms with Crippen molar-refractivity contribution in [1.29, 1.82) is 0 Å². The molecule has 2 amide bonds. The van der Waals surface area contributed by atoms with Crippen LogP contribution in [0.2, 0.25) is 0 Å². The molecular formula is C13H19N3O3S. The normalized spacial score (nSPS) is 17.4. The van der Waals surface area contributed by atoms with Crippen LogP contribution in [0.15, 0.2) is 11.7 Å². The summed E-state index contributed by atoms with van der Waals surface area (Å²) in [6, 6.07) is -1.23. The van der Waals surface area contributed by atoms with Crippen LogP contribution in [-0.4, -0.2) is 28.1 Å². The lowest BCUT2D eigenvalue weighted by Crippen LogP contribution is -2.50. The Balaban J connectivity index is 1.83. The largest absolute Gasteiger partial charge is 0.480 e. The van der Waals surface area contributed by atoms with E-state index >= 15 is 0 Å². The number of carbonyl (C=O) groups is 2. The molecule has 1 fully saturated rings. The van der Waals surface area contributed by atoms with Crippen LogP contribution >= 0.6 is 11.3 Å². The average molecular weight is 297 g/mol. The quantitative estimate of drug-likeness (QED) is 0.775. The first-order valence-electron chi connectivity index (χ1n) is 6.81. The summed E-state index contributed by atoms with van der Waals surface area (Å²) in [5.41, 5.74) is 1.69. The van der Waals surface area contributed by atoms with Gasteiger partial charge in [-0.05, 0) is 18.8 Å². The molecule has 1 unspecified atom stereocenters. The molecule has 0 aromatic carbocycles. The number of carboxylic acid groups (broad SMARTS) is 1. The molecule has 0 aliphatic heterocycles. The standard InChI is InChI=1S/C13H19N3O3S/c17-12(18)11(9-4-2-1-3-5-9)16-13(19)15-7-10-6-14-8-20-10/h6,8-9,11H,1-5,7H2,(H,17,18)(H2,15,16,19). The van der Waals surface area contributed by atoms with Gasteiger partial charge in [0.25, 0.3) is 0 Å². The second-order valence-corrected chi connectivity index (χ2v) is 5.98. The molecule has 1 atom stereocenters. The highest BCUT2D eigenvalue weighted by molar-refractivity contribution is 7.09. The molecular weight excluding hydrogens is 278 g/mol. The van der Waals surface area contributed by atoms with E-state index in [0.29, 0.717) is 6.54 Å². The second-order valence-electron chi connectivity index (χ2n) is 5.01. The summed E-state index contributed by atoms with van der Waals surface area (Å²) in [6.45, 7) is 0.369. The van der Waals surface area contributed by atoms with Crippen molar-refractivity contribution in [2.24, 2.45) is 5.92 Å². The first-order valence-corrected chi connectivity index (χ1v) is 7.69. The molecule has 1 saturated carbocycles. The van der Waals surface area contributed by atoms with Gasteiger partial charge in [-0.15, -0.1) is 11.3 Å². The first-order chi connectivity index (χ1) is 9.66. The van der Waals surface area contributed by atoms with Crippen LogP contribution in [0, 0.1) is 5.92 Å². The summed E-state index contributed by atoms with van der Waals surface area (Å²) in [6.07, 6.45) is 6.65. The highest BCUT2D eigenvalue weighted by Gasteiger charge is 2.30. The van der Waals surface area contributed by atoms with E-state index in [2.05, 4.69) is 15.6 Å². The van der Waals surface area contributed by atoms with Gasteiger partial charge in [-0.1, -0.05) is 19.3 Å². The molecule has 6 nitrogen and oxygen atoms in total. The maximum absolute atomic E-state index is 11.8. The highest BCUT2D eigenvalue weighted by Crippen LogP contribution is 2.26. The molecule has 0 saturated heterocycles.